The van der Waals surface area contributed by atoms with Crippen molar-refractivity contribution < 1.29 is 28.7 Å². The molecule has 2 unspecified atom stereocenters. The Morgan fingerprint density at radius 1 is 1.19 bits per heavy atom. The summed E-state index contributed by atoms with van der Waals surface area (Å²) in [5.74, 6) is -1.82. The molecule has 0 aromatic heterocycles. The number of amides is 3. The van der Waals surface area contributed by atoms with Gasteiger partial charge in [0.2, 0.25) is 11.8 Å². The summed E-state index contributed by atoms with van der Waals surface area (Å²) in [4.78, 5) is 52.1. The lowest BCUT2D eigenvalue weighted by Crippen LogP contribution is -2.54. The number of nitriles is 1. The summed E-state index contributed by atoms with van der Waals surface area (Å²) in [5.41, 5.74) is 1.30. The van der Waals surface area contributed by atoms with Gasteiger partial charge in [-0.3, -0.25) is 14.4 Å². The van der Waals surface area contributed by atoms with Gasteiger partial charge in [-0.1, -0.05) is 23.8 Å². The number of thiol groups is 1. The standard InChI is InChI=1S/C25H36N4O6S/c1-7-34-20(30)10-12-27-22(31)21(18-14-16(2)8-9-17(18)3)29(13-11-26)23(32)19(15-36)28-24(33)35-25(4,5)6/h8-9,14,19,21,36H,7,10,12-13,15H2,1-6H3,(H,27,31)(H,28,33). The average Bonchev–Trinajstić information content (AvgIpc) is 2.78. The molecule has 0 radical (unpaired) electrons. The lowest BCUT2D eigenvalue weighted by atomic mass is 9.96. The fraction of sp³-hybridized carbons (Fsp3) is 0.560. The van der Waals surface area contributed by atoms with Crippen molar-refractivity contribution in [3.8, 4) is 6.07 Å². The zero-order valence-electron chi connectivity index (χ0n) is 21.7. The summed E-state index contributed by atoms with van der Waals surface area (Å²) in [5, 5.41) is 14.7. The van der Waals surface area contributed by atoms with E-state index in [0.717, 1.165) is 16.0 Å². The van der Waals surface area contributed by atoms with E-state index < -0.39 is 48.1 Å². The van der Waals surface area contributed by atoms with Gasteiger partial charge in [-0.05, 0) is 52.7 Å². The van der Waals surface area contributed by atoms with E-state index in [1.807, 2.05) is 25.1 Å². The van der Waals surface area contributed by atoms with Gasteiger partial charge in [-0.25, -0.2) is 4.79 Å². The maximum absolute atomic E-state index is 13.5. The molecule has 0 aliphatic carbocycles. The topological polar surface area (TPSA) is 138 Å². The number of carbonyl (C=O) groups is 4. The first-order valence-corrected chi connectivity index (χ1v) is 12.3. The zero-order valence-corrected chi connectivity index (χ0v) is 22.6. The van der Waals surface area contributed by atoms with Crippen LogP contribution >= 0.6 is 12.6 Å². The van der Waals surface area contributed by atoms with Crippen LogP contribution in [-0.4, -0.2) is 65.9 Å². The van der Waals surface area contributed by atoms with Crippen molar-refractivity contribution in [1.29, 1.82) is 5.26 Å². The van der Waals surface area contributed by atoms with Crippen LogP contribution in [0.3, 0.4) is 0 Å². The van der Waals surface area contributed by atoms with Gasteiger partial charge >= 0.3 is 12.1 Å². The third-order valence-electron chi connectivity index (χ3n) is 4.92. The highest BCUT2D eigenvalue weighted by Crippen LogP contribution is 2.26. The molecular weight excluding hydrogens is 484 g/mol. The van der Waals surface area contributed by atoms with Crippen LogP contribution in [0.15, 0.2) is 18.2 Å². The van der Waals surface area contributed by atoms with Crippen molar-refractivity contribution in [3.05, 3.63) is 34.9 Å². The highest BCUT2D eigenvalue weighted by Gasteiger charge is 2.36. The summed E-state index contributed by atoms with van der Waals surface area (Å²) < 4.78 is 10.1. The molecule has 2 atom stereocenters. The quantitative estimate of drug-likeness (QED) is 0.232. The Labute approximate surface area is 218 Å². The van der Waals surface area contributed by atoms with Crippen molar-refractivity contribution in [2.45, 2.75) is 65.6 Å². The Bertz CT molecular complexity index is 986. The van der Waals surface area contributed by atoms with Crippen molar-refractivity contribution in [3.63, 3.8) is 0 Å². The predicted octanol–water partition coefficient (Wildman–Crippen LogP) is 2.59. The molecule has 1 aromatic carbocycles. The van der Waals surface area contributed by atoms with Gasteiger partial charge in [0.15, 0.2) is 0 Å². The molecule has 0 fully saturated rings. The van der Waals surface area contributed by atoms with Crippen LogP contribution in [0.1, 0.15) is 56.8 Å². The van der Waals surface area contributed by atoms with Crippen LogP contribution in [0, 0.1) is 25.2 Å². The minimum atomic E-state index is -1.19. The molecular formula is C25H36N4O6S. The minimum absolute atomic E-state index is 0.0141. The smallest absolute Gasteiger partial charge is 0.408 e. The van der Waals surface area contributed by atoms with Crippen molar-refractivity contribution in [2.75, 3.05) is 25.4 Å². The number of nitrogens with zero attached hydrogens (tertiary/aromatic N) is 2. The summed E-state index contributed by atoms with van der Waals surface area (Å²) in [7, 11) is 0. The SMILES string of the molecule is CCOC(=O)CCNC(=O)C(c1cc(C)ccc1C)N(CC#N)C(=O)C(CS)NC(=O)OC(C)(C)C. The Hall–Kier alpha value is -3.26. The van der Waals surface area contributed by atoms with Gasteiger partial charge in [0.05, 0.1) is 19.1 Å². The van der Waals surface area contributed by atoms with Crippen LogP contribution in [0.25, 0.3) is 0 Å². The summed E-state index contributed by atoms with van der Waals surface area (Å²) in [6.07, 6.45) is -0.876. The van der Waals surface area contributed by atoms with E-state index in [4.69, 9.17) is 9.47 Å². The third kappa shape index (κ3) is 9.77. The molecule has 11 heteroatoms. The Kier molecular flexibility index (Phi) is 12.3. The zero-order chi connectivity index (χ0) is 27.5. The molecule has 0 heterocycles. The molecule has 3 amide bonds. The Balaban J connectivity index is 3.34. The number of hydrogen-bond acceptors (Lipinski definition) is 8. The van der Waals surface area contributed by atoms with Crippen molar-refractivity contribution in [1.82, 2.24) is 15.5 Å². The second kappa shape index (κ2) is 14.3. The summed E-state index contributed by atoms with van der Waals surface area (Å²) in [6, 6.07) is 5.03. The van der Waals surface area contributed by atoms with Gasteiger partial charge in [0.25, 0.3) is 0 Å². The Morgan fingerprint density at radius 3 is 2.42 bits per heavy atom. The monoisotopic (exact) mass is 520 g/mol. The van der Waals surface area contributed by atoms with E-state index in [1.54, 1.807) is 40.7 Å². The number of aryl methyl sites for hydroxylation is 2. The molecule has 0 bridgehead atoms. The molecule has 0 saturated carbocycles. The van der Waals surface area contributed by atoms with Gasteiger partial charge < -0.3 is 25.0 Å². The van der Waals surface area contributed by atoms with Crippen molar-refractivity contribution >= 4 is 36.5 Å². The third-order valence-corrected chi connectivity index (χ3v) is 5.28. The number of ether oxygens (including phenoxy) is 2. The highest BCUT2D eigenvalue weighted by atomic mass is 32.1. The molecule has 1 rings (SSSR count). The van der Waals surface area contributed by atoms with E-state index in [-0.39, 0.29) is 25.3 Å². The van der Waals surface area contributed by atoms with Gasteiger partial charge in [-0.2, -0.15) is 17.9 Å². The number of nitrogens with one attached hydrogen (secondary N) is 2. The first-order chi connectivity index (χ1) is 16.8. The lowest BCUT2D eigenvalue weighted by Gasteiger charge is -2.33. The van der Waals surface area contributed by atoms with Gasteiger partial charge in [-0.15, -0.1) is 0 Å². The fourth-order valence-electron chi connectivity index (χ4n) is 3.33. The second-order valence-electron chi connectivity index (χ2n) is 9.11. The van der Waals surface area contributed by atoms with Crippen LogP contribution in [-0.2, 0) is 23.9 Å². The van der Waals surface area contributed by atoms with Crippen molar-refractivity contribution in [2.24, 2.45) is 0 Å². The first-order valence-electron chi connectivity index (χ1n) is 11.6. The first kappa shape index (κ1) is 30.8. The van der Waals surface area contributed by atoms with E-state index in [1.165, 1.54) is 0 Å². The summed E-state index contributed by atoms with van der Waals surface area (Å²) in [6.45, 7) is 10.1. The largest absolute Gasteiger partial charge is 0.466 e. The van der Waals surface area contributed by atoms with Gasteiger partial charge in [0.1, 0.15) is 24.2 Å². The normalized spacial score (nSPS) is 12.5. The van der Waals surface area contributed by atoms with Gasteiger partial charge in [0, 0.05) is 12.3 Å². The second-order valence-corrected chi connectivity index (χ2v) is 9.48. The lowest BCUT2D eigenvalue weighted by molar-refractivity contribution is -0.144. The average molecular weight is 521 g/mol. The van der Waals surface area contributed by atoms with E-state index in [9.17, 15) is 24.4 Å². The van der Waals surface area contributed by atoms with E-state index >= 15 is 0 Å². The molecule has 0 saturated heterocycles. The molecule has 198 valence electrons. The number of carbonyl (C=O) groups excluding carboxylic acids is 4. The maximum atomic E-state index is 13.5. The Morgan fingerprint density at radius 2 is 1.86 bits per heavy atom. The molecule has 0 aliphatic heterocycles. The van der Waals surface area contributed by atoms with Crippen LogP contribution in [0.2, 0.25) is 0 Å². The minimum Gasteiger partial charge on any atom is -0.466 e. The number of esters is 1. The molecule has 2 N–H and O–H groups in total. The summed E-state index contributed by atoms with van der Waals surface area (Å²) >= 11 is 4.19. The number of hydrogen-bond donors (Lipinski definition) is 3. The maximum Gasteiger partial charge on any atom is 0.408 e. The molecule has 36 heavy (non-hydrogen) atoms. The van der Waals surface area contributed by atoms with Crippen LogP contribution in [0.5, 0.6) is 0 Å². The van der Waals surface area contributed by atoms with Crippen LogP contribution in [0.4, 0.5) is 4.79 Å². The molecule has 1 aromatic rings. The fourth-order valence-corrected chi connectivity index (χ4v) is 3.58. The molecule has 0 aliphatic rings. The molecule has 10 nitrogen and oxygen atoms in total. The number of rotatable bonds is 11. The molecule has 0 spiro atoms. The van der Waals surface area contributed by atoms with E-state index in [0.29, 0.717) is 5.56 Å². The number of benzene rings is 1. The number of alkyl carbamates (subject to hydrolysis) is 1. The van der Waals surface area contributed by atoms with Crippen LogP contribution < -0.4 is 10.6 Å². The predicted molar refractivity (Wildman–Crippen MR) is 137 cm³/mol. The van der Waals surface area contributed by atoms with E-state index in [2.05, 4.69) is 23.3 Å². The highest BCUT2D eigenvalue weighted by molar-refractivity contribution is 7.80.